The van der Waals surface area contributed by atoms with Crippen LogP contribution in [0.15, 0.2) is 48.5 Å². The van der Waals surface area contributed by atoms with E-state index >= 15 is 0 Å². The fourth-order valence-electron chi connectivity index (χ4n) is 1.95. The second-order valence-corrected chi connectivity index (χ2v) is 5.62. The number of benzene rings is 2. The minimum Gasteiger partial charge on any atom is -0.497 e. The van der Waals surface area contributed by atoms with Crippen LogP contribution in [0.3, 0.4) is 0 Å². The summed E-state index contributed by atoms with van der Waals surface area (Å²) in [6.07, 6.45) is 0. The molecule has 0 unspecified atom stereocenters. The van der Waals surface area contributed by atoms with Gasteiger partial charge in [-0.2, -0.15) is 0 Å². The molecule has 0 aliphatic heterocycles. The Morgan fingerprint density at radius 2 is 1.95 bits per heavy atom. The van der Waals surface area contributed by atoms with E-state index in [2.05, 4.69) is 22.6 Å². The largest absolute Gasteiger partial charge is 0.497 e. The zero-order valence-corrected chi connectivity index (χ0v) is 13.6. The van der Waals surface area contributed by atoms with E-state index in [1.54, 1.807) is 13.2 Å². The number of nitrogens with zero attached hydrogens (tertiary/aromatic N) is 1. The molecule has 2 aromatic carbocycles. The minimum atomic E-state index is 0.0750. The lowest BCUT2D eigenvalue weighted by atomic mass is 10.1. The Hall–Kier alpha value is -1.56. The van der Waals surface area contributed by atoms with Gasteiger partial charge < -0.3 is 9.64 Å². The number of halogens is 1. The van der Waals surface area contributed by atoms with Crippen molar-refractivity contribution in [3.8, 4) is 5.75 Å². The van der Waals surface area contributed by atoms with E-state index in [4.69, 9.17) is 4.74 Å². The molecule has 3 nitrogen and oxygen atoms in total. The standard InChI is InChI=1S/C16H16INO2/c1-18(15-9-4-3-8-14(15)17)11-16(19)12-6-5-7-13(10-12)20-2/h3-10H,11H2,1-2H3. The molecule has 0 aromatic heterocycles. The molecule has 0 bridgehead atoms. The van der Waals surface area contributed by atoms with Crippen molar-refractivity contribution in [3.63, 3.8) is 0 Å². The zero-order valence-electron chi connectivity index (χ0n) is 11.5. The number of anilines is 1. The van der Waals surface area contributed by atoms with Crippen molar-refractivity contribution in [1.82, 2.24) is 0 Å². The van der Waals surface area contributed by atoms with E-state index in [1.165, 1.54) is 0 Å². The molecule has 2 aromatic rings. The van der Waals surface area contributed by atoms with Gasteiger partial charge in [0.05, 0.1) is 19.3 Å². The first-order chi connectivity index (χ1) is 9.61. The highest BCUT2D eigenvalue weighted by atomic mass is 127. The minimum absolute atomic E-state index is 0.0750. The van der Waals surface area contributed by atoms with Gasteiger partial charge in [-0.3, -0.25) is 4.79 Å². The molecule has 0 fully saturated rings. The van der Waals surface area contributed by atoms with E-state index < -0.39 is 0 Å². The third-order valence-corrected chi connectivity index (χ3v) is 3.95. The van der Waals surface area contributed by atoms with Crippen molar-refractivity contribution in [3.05, 3.63) is 57.7 Å². The Bertz CT molecular complexity index is 613. The van der Waals surface area contributed by atoms with Gasteiger partial charge in [-0.1, -0.05) is 24.3 Å². The van der Waals surface area contributed by atoms with Crippen LogP contribution in [0.25, 0.3) is 0 Å². The number of hydrogen-bond donors (Lipinski definition) is 0. The zero-order chi connectivity index (χ0) is 14.5. The van der Waals surface area contributed by atoms with Gasteiger partial charge in [-0.15, -0.1) is 0 Å². The SMILES string of the molecule is COc1cccc(C(=O)CN(C)c2ccccc2I)c1. The van der Waals surface area contributed by atoms with E-state index in [1.807, 2.05) is 54.4 Å². The summed E-state index contributed by atoms with van der Waals surface area (Å²) >= 11 is 2.28. The number of Topliss-reactive ketones (excluding diaryl/α,β-unsaturated/α-hetero) is 1. The number of ketones is 1. The lowest BCUT2D eigenvalue weighted by Gasteiger charge is -2.20. The molecule has 4 heteroatoms. The van der Waals surface area contributed by atoms with Gasteiger partial charge in [0.1, 0.15) is 5.75 Å². The molecule has 2 rings (SSSR count). The third kappa shape index (κ3) is 3.50. The smallest absolute Gasteiger partial charge is 0.182 e. The second kappa shape index (κ2) is 6.74. The van der Waals surface area contributed by atoms with E-state index in [9.17, 15) is 4.79 Å². The van der Waals surface area contributed by atoms with Gasteiger partial charge in [-0.05, 0) is 46.9 Å². The predicted molar refractivity (Wildman–Crippen MR) is 89.8 cm³/mol. The van der Waals surface area contributed by atoms with Crippen molar-refractivity contribution in [2.24, 2.45) is 0 Å². The number of ether oxygens (including phenoxy) is 1. The van der Waals surface area contributed by atoms with Crippen LogP contribution >= 0.6 is 22.6 Å². The van der Waals surface area contributed by atoms with Gasteiger partial charge in [0.15, 0.2) is 5.78 Å². The van der Waals surface area contributed by atoms with Gasteiger partial charge >= 0.3 is 0 Å². The van der Waals surface area contributed by atoms with Crippen molar-refractivity contribution >= 4 is 34.1 Å². The number of carbonyl (C=O) groups is 1. The second-order valence-electron chi connectivity index (χ2n) is 4.46. The monoisotopic (exact) mass is 381 g/mol. The molecule has 0 saturated heterocycles. The Labute approximate surface area is 132 Å². The lowest BCUT2D eigenvalue weighted by molar-refractivity contribution is 0.1000. The van der Waals surface area contributed by atoms with E-state index in [0.717, 1.165) is 9.26 Å². The molecule has 0 radical (unpaired) electrons. The summed E-state index contributed by atoms with van der Waals surface area (Å²) < 4.78 is 6.28. The maximum Gasteiger partial charge on any atom is 0.182 e. The predicted octanol–water partition coefficient (Wildman–Crippen LogP) is 3.62. The Balaban J connectivity index is 2.13. The van der Waals surface area contributed by atoms with Crippen LogP contribution in [0.4, 0.5) is 5.69 Å². The molecular weight excluding hydrogens is 365 g/mol. The normalized spacial score (nSPS) is 10.2. The van der Waals surface area contributed by atoms with Gasteiger partial charge in [-0.25, -0.2) is 0 Å². The highest BCUT2D eigenvalue weighted by Crippen LogP contribution is 2.21. The highest BCUT2D eigenvalue weighted by Gasteiger charge is 2.12. The summed E-state index contributed by atoms with van der Waals surface area (Å²) in [4.78, 5) is 14.3. The van der Waals surface area contributed by atoms with Gasteiger partial charge in [0.2, 0.25) is 0 Å². The van der Waals surface area contributed by atoms with E-state index in [0.29, 0.717) is 17.9 Å². The Morgan fingerprint density at radius 3 is 2.65 bits per heavy atom. The number of likely N-dealkylation sites (N-methyl/N-ethyl adjacent to an activating group) is 1. The molecule has 0 amide bonds. The molecule has 104 valence electrons. The number of methoxy groups -OCH3 is 1. The molecule has 0 atom stereocenters. The molecule has 0 N–H and O–H groups in total. The molecular formula is C16H16INO2. The van der Waals surface area contributed by atoms with Crippen LogP contribution in [-0.4, -0.2) is 26.5 Å². The summed E-state index contributed by atoms with van der Waals surface area (Å²) in [7, 11) is 3.53. The number of para-hydroxylation sites is 1. The summed E-state index contributed by atoms with van der Waals surface area (Å²) in [5.41, 5.74) is 1.73. The van der Waals surface area contributed by atoms with Crippen LogP contribution in [-0.2, 0) is 0 Å². The van der Waals surface area contributed by atoms with Crippen molar-refractivity contribution in [2.75, 3.05) is 25.6 Å². The maximum absolute atomic E-state index is 12.3. The van der Waals surface area contributed by atoms with Gasteiger partial charge in [0.25, 0.3) is 0 Å². The fourth-order valence-corrected chi connectivity index (χ4v) is 2.75. The highest BCUT2D eigenvalue weighted by molar-refractivity contribution is 14.1. The first-order valence-electron chi connectivity index (χ1n) is 6.24. The first kappa shape index (κ1) is 14.8. The first-order valence-corrected chi connectivity index (χ1v) is 7.32. The topological polar surface area (TPSA) is 29.5 Å². The molecule has 0 aliphatic rings. The Morgan fingerprint density at radius 1 is 1.20 bits per heavy atom. The van der Waals surface area contributed by atoms with Crippen molar-refractivity contribution in [1.29, 1.82) is 0 Å². The molecule has 0 heterocycles. The van der Waals surface area contributed by atoms with Crippen LogP contribution in [0.5, 0.6) is 5.75 Å². The van der Waals surface area contributed by atoms with E-state index in [-0.39, 0.29) is 5.78 Å². The summed E-state index contributed by atoms with van der Waals surface area (Å²) in [5, 5.41) is 0. The maximum atomic E-state index is 12.3. The number of carbonyl (C=O) groups excluding carboxylic acids is 1. The van der Waals surface area contributed by atoms with Crippen LogP contribution in [0.1, 0.15) is 10.4 Å². The summed E-state index contributed by atoms with van der Waals surface area (Å²) in [6.45, 7) is 0.340. The van der Waals surface area contributed by atoms with Gasteiger partial charge in [0, 0.05) is 16.2 Å². The quantitative estimate of drug-likeness (QED) is 0.586. The number of rotatable bonds is 5. The lowest BCUT2D eigenvalue weighted by Crippen LogP contribution is -2.26. The van der Waals surface area contributed by atoms with Crippen molar-refractivity contribution in [2.45, 2.75) is 0 Å². The van der Waals surface area contributed by atoms with Crippen LogP contribution in [0.2, 0.25) is 0 Å². The molecule has 0 aliphatic carbocycles. The summed E-state index contributed by atoms with van der Waals surface area (Å²) in [6, 6.07) is 15.3. The third-order valence-electron chi connectivity index (χ3n) is 3.04. The Kier molecular flexibility index (Phi) is 5.00. The van der Waals surface area contributed by atoms with Crippen LogP contribution < -0.4 is 9.64 Å². The molecule has 20 heavy (non-hydrogen) atoms. The average Bonchev–Trinajstić information content (AvgIpc) is 2.47. The molecule has 0 saturated carbocycles. The average molecular weight is 381 g/mol. The van der Waals surface area contributed by atoms with Crippen LogP contribution in [0, 0.1) is 3.57 Å². The fraction of sp³-hybridized carbons (Fsp3) is 0.188. The molecule has 0 spiro atoms. The number of hydrogen-bond acceptors (Lipinski definition) is 3. The van der Waals surface area contributed by atoms with Crippen molar-refractivity contribution < 1.29 is 9.53 Å². The summed E-state index contributed by atoms with van der Waals surface area (Å²) in [5.74, 6) is 0.777.